The van der Waals surface area contributed by atoms with E-state index in [0.717, 1.165) is 17.7 Å². The summed E-state index contributed by atoms with van der Waals surface area (Å²) in [7, 11) is 3.45. The molecule has 3 aliphatic rings. The number of alkyl halides is 3. The van der Waals surface area contributed by atoms with Gasteiger partial charge in [-0.05, 0) is 62.0 Å². The molecule has 0 spiro atoms. The maximum Gasteiger partial charge on any atom is 0.416 e. The van der Waals surface area contributed by atoms with Crippen molar-refractivity contribution >= 4 is 17.5 Å². The first-order valence-corrected chi connectivity index (χ1v) is 11.8. The van der Waals surface area contributed by atoms with Crippen molar-refractivity contribution in [2.75, 3.05) is 20.7 Å². The first-order valence-electron chi connectivity index (χ1n) is 11.0. The van der Waals surface area contributed by atoms with E-state index in [2.05, 4.69) is 4.90 Å². The molecule has 180 valence electrons. The highest BCUT2D eigenvalue weighted by molar-refractivity contribution is 7.99. The van der Waals surface area contributed by atoms with E-state index in [1.165, 1.54) is 37.1 Å². The minimum atomic E-state index is -4.41. The van der Waals surface area contributed by atoms with Crippen LogP contribution in [-0.4, -0.2) is 47.6 Å². The van der Waals surface area contributed by atoms with E-state index >= 15 is 0 Å². The predicted molar refractivity (Wildman–Crippen MR) is 121 cm³/mol. The van der Waals surface area contributed by atoms with Crippen LogP contribution in [0, 0.1) is 5.92 Å². The Hall–Kier alpha value is -2.65. The summed E-state index contributed by atoms with van der Waals surface area (Å²) in [4.78, 5) is 15.8. The van der Waals surface area contributed by atoms with Crippen LogP contribution in [0.2, 0.25) is 0 Å². The van der Waals surface area contributed by atoms with Gasteiger partial charge in [0.25, 0.3) is 0 Å². The molecule has 2 aromatic carbocycles. The summed E-state index contributed by atoms with van der Waals surface area (Å²) in [6.07, 6.45) is -1.81. The lowest BCUT2D eigenvalue weighted by Crippen LogP contribution is -2.61. The number of thioether (sulfide) groups is 1. The number of carbonyl (C=O) groups is 1. The van der Waals surface area contributed by atoms with Crippen molar-refractivity contribution in [2.24, 2.45) is 5.92 Å². The molecule has 2 bridgehead atoms. The molecule has 2 N–H and O–H groups in total. The number of hydrogen-bond donors (Lipinski definition) is 2. The fourth-order valence-corrected chi connectivity index (χ4v) is 7.34. The topological polar surface area (TPSA) is 70.0 Å². The number of fused-ring (bicyclic) bond motifs is 1. The van der Waals surface area contributed by atoms with E-state index in [9.17, 15) is 28.2 Å². The van der Waals surface area contributed by atoms with Crippen molar-refractivity contribution in [2.45, 2.75) is 40.6 Å². The average molecular weight is 492 g/mol. The lowest BCUT2D eigenvalue weighted by molar-refractivity contribution is -0.137. The van der Waals surface area contributed by atoms with Crippen molar-refractivity contribution < 1.29 is 32.9 Å². The zero-order valence-corrected chi connectivity index (χ0v) is 19.4. The highest BCUT2D eigenvalue weighted by Gasteiger charge is 2.59. The van der Waals surface area contributed by atoms with Crippen LogP contribution in [0.25, 0.3) is 0 Å². The molecule has 9 heteroatoms. The highest BCUT2D eigenvalue weighted by Crippen LogP contribution is 2.63. The molecule has 0 aromatic heterocycles. The number of piperidine rings is 1. The number of halogens is 3. The molecule has 0 amide bonds. The summed E-state index contributed by atoms with van der Waals surface area (Å²) in [5, 5.41) is 21.1. The molecule has 5 nitrogen and oxygen atoms in total. The molecule has 4 atom stereocenters. The van der Waals surface area contributed by atoms with Gasteiger partial charge in [-0.1, -0.05) is 6.07 Å². The monoisotopic (exact) mass is 491 g/mol. The number of ether oxygens (including phenoxy) is 1. The molecule has 34 heavy (non-hydrogen) atoms. The van der Waals surface area contributed by atoms with E-state index in [1.54, 1.807) is 6.07 Å². The van der Waals surface area contributed by atoms with E-state index in [4.69, 9.17) is 4.74 Å². The Labute approximate surface area is 199 Å². The number of ketones is 1. The highest BCUT2D eigenvalue weighted by atomic mass is 32.2. The summed E-state index contributed by atoms with van der Waals surface area (Å²) in [5.74, 6) is -0.542. The molecule has 2 aromatic rings. The second kappa shape index (κ2) is 7.95. The van der Waals surface area contributed by atoms with Crippen LogP contribution in [0.15, 0.2) is 53.1 Å². The third-order valence-corrected chi connectivity index (χ3v) is 8.81. The number of aromatic hydroxyl groups is 2. The molecular formula is C25H24F3NO4S. The number of nitrogens with zero attached hydrogens (tertiary/aromatic N) is 1. The summed E-state index contributed by atoms with van der Waals surface area (Å²) < 4.78 is 44.5. The molecule has 2 aliphatic carbocycles. The first kappa shape index (κ1) is 23.1. The van der Waals surface area contributed by atoms with E-state index < -0.39 is 17.2 Å². The Morgan fingerprint density at radius 3 is 2.50 bits per heavy atom. The number of allylic oxidation sites excluding steroid dienone is 1. The van der Waals surface area contributed by atoms with Gasteiger partial charge >= 0.3 is 6.18 Å². The Morgan fingerprint density at radius 1 is 1.15 bits per heavy atom. The van der Waals surface area contributed by atoms with Crippen LogP contribution < -0.4 is 0 Å². The van der Waals surface area contributed by atoms with Gasteiger partial charge in [-0.15, -0.1) is 11.8 Å². The standard InChI is InChI=1S/C25H24F3NO4S/c1-29-10-9-24-12-18(31)19(33-2)11-16(24)21(29)23(15-7-8-17(30)22(32)20(15)24)34-14-5-3-13(4-6-14)25(26,27)28/h3-8,11,16,21,23,30,32H,9-10,12H2,1-2H3. The van der Waals surface area contributed by atoms with Crippen LogP contribution in [0.5, 0.6) is 11.5 Å². The van der Waals surface area contributed by atoms with Gasteiger partial charge in [0.1, 0.15) is 0 Å². The third kappa shape index (κ3) is 3.40. The molecule has 0 saturated carbocycles. The summed E-state index contributed by atoms with van der Waals surface area (Å²) >= 11 is 1.42. The maximum absolute atomic E-state index is 13.1. The van der Waals surface area contributed by atoms with Gasteiger partial charge in [0, 0.05) is 34.3 Å². The summed E-state index contributed by atoms with van der Waals surface area (Å²) in [6, 6.07) is 8.14. The van der Waals surface area contributed by atoms with Gasteiger partial charge in [-0.2, -0.15) is 13.2 Å². The summed E-state index contributed by atoms with van der Waals surface area (Å²) in [6.45, 7) is 0.670. The minimum Gasteiger partial charge on any atom is -0.504 e. The van der Waals surface area contributed by atoms with Gasteiger partial charge in [0.2, 0.25) is 0 Å². The lowest BCUT2D eigenvalue weighted by Gasteiger charge is -2.58. The van der Waals surface area contributed by atoms with Crippen molar-refractivity contribution in [3.05, 3.63) is 64.9 Å². The maximum atomic E-state index is 13.1. The van der Waals surface area contributed by atoms with Gasteiger partial charge in [0.05, 0.1) is 17.9 Å². The number of benzene rings is 2. The van der Waals surface area contributed by atoms with Crippen molar-refractivity contribution in [3.63, 3.8) is 0 Å². The molecule has 1 saturated heterocycles. The molecule has 1 heterocycles. The molecule has 5 rings (SSSR count). The Bertz CT molecular complexity index is 1180. The number of carbonyl (C=O) groups excluding carboxylic acids is 1. The van der Waals surface area contributed by atoms with Crippen LogP contribution in [0.3, 0.4) is 0 Å². The fourth-order valence-electron chi connectivity index (χ4n) is 5.91. The Balaban J connectivity index is 1.67. The normalized spacial score (nSPS) is 28.7. The SMILES string of the molecule is COC1=CC2C3C(Sc4ccc(C(F)(F)F)cc4)c4ccc(O)c(O)c4C2(CCN3C)CC1=O. The number of hydrogen-bond acceptors (Lipinski definition) is 6. The van der Waals surface area contributed by atoms with E-state index in [1.807, 2.05) is 13.1 Å². The number of Topliss-reactive ketones (excluding diaryl/α,β-unsaturated/α-hetero) is 1. The largest absolute Gasteiger partial charge is 0.504 e. The van der Waals surface area contributed by atoms with Crippen LogP contribution in [0.1, 0.15) is 34.8 Å². The zero-order valence-electron chi connectivity index (χ0n) is 18.6. The van der Waals surface area contributed by atoms with Gasteiger partial charge in [-0.3, -0.25) is 4.79 Å². The first-order chi connectivity index (χ1) is 16.1. The molecule has 1 aliphatic heterocycles. The number of likely N-dealkylation sites (N-methyl/N-ethyl adjacent to an activating group) is 1. The smallest absolute Gasteiger partial charge is 0.416 e. The molecule has 1 fully saturated rings. The molecular weight excluding hydrogens is 467 g/mol. The van der Waals surface area contributed by atoms with E-state index in [0.29, 0.717) is 23.4 Å². The van der Waals surface area contributed by atoms with Crippen molar-refractivity contribution in [1.29, 1.82) is 0 Å². The average Bonchev–Trinajstić information content (AvgIpc) is 2.79. The fraction of sp³-hybridized carbons (Fsp3) is 0.400. The molecule has 0 radical (unpaired) electrons. The number of phenols is 2. The Kier molecular flexibility index (Phi) is 5.40. The van der Waals surface area contributed by atoms with Crippen molar-refractivity contribution in [1.82, 2.24) is 4.90 Å². The third-order valence-electron chi connectivity index (χ3n) is 7.48. The van der Waals surface area contributed by atoms with Crippen molar-refractivity contribution in [3.8, 4) is 11.5 Å². The second-order valence-electron chi connectivity index (χ2n) is 9.20. The Morgan fingerprint density at radius 2 is 1.85 bits per heavy atom. The second-order valence-corrected chi connectivity index (χ2v) is 10.4. The van der Waals surface area contributed by atoms with Gasteiger partial charge in [-0.25, -0.2) is 0 Å². The quantitative estimate of drug-likeness (QED) is 0.588. The van der Waals surface area contributed by atoms with Gasteiger partial charge < -0.3 is 19.8 Å². The van der Waals surface area contributed by atoms with Crippen LogP contribution >= 0.6 is 11.8 Å². The number of rotatable bonds is 3. The van der Waals surface area contributed by atoms with Crippen LogP contribution in [-0.2, 0) is 21.1 Å². The summed E-state index contributed by atoms with van der Waals surface area (Å²) in [5.41, 5.74) is -0.0529. The lowest BCUT2D eigenvalue weighted by atomic mass is 9.53. The minimum absolute atomic E-state index is 0.101. The molecule has 4 unspecified atom stereocenters. The van der Waals surface area contributed by atoms with Gasteiger partial charge in [0.15, 0.2) is 23.0 Å². The van der Waals surface area contributed by atoms with Crippen LogP contribution in [0.4, 0.5) is 13.2 Å². The number of methoxy groups -OCH3 is 1. The predicted octanol–water partition coefficient (Wildman–Crippen LogP) is 5.02. The van der Waals surface area contributed by atoms with E-state index in [-0.39, 0.29) is 46.7 Å². The number of likely N-dealkylation sites (tertiary alicyclic amines) is 1. The number of phenolic OH excluding ortho intramolecular Hbond substituents is 2. The zero-order chi connectivity index (χ0) is 24.4.